The highest BCUT2D eigenvalue weighted by Gasteiger charge is 2.54. The third-order valence-corrected chi connectivity index (χ3v) is 4.25. The minimum atomic E-state index is -0.173. The molecule has 3 rings (SSSR count). The minimum absolute atomic E-state index is 0.173. The van der Waals surface area contributed by atoms with Gasteiger partial charge in [-0.25, -0.2) is 0 Å². The number of nitrogens with zero attached hydrogens (tertiary/aromatic N) is 1. The van der Waals surface area contributed by atoms with E-state index in [0.29, 0.717) is 12.1 Å². The quantitative estimate of drug-likeness (QED) is 0.795. The minimum Gasteiger partial charge on any atom is -0.355 e. The molecule has 1 saturated carbocycles. The van der Waals surface area contributed by atoms with E-state index in [1.165, 1.54) is 0 Å². The molecule has 0 unspecified atom stereocenters. The predicted molar refractivity (Wildman–Crippen MR) is 63.2 cm³/mol. The molecular formula is C14H14N2O. The highest BCUT2D eigenvalue weighted by Crippen LogP contribution is 2.54. The van der Waals surface area contributed by atoms with Gasteiger partial charge in [0.15, 0.2) is 0 Å². The number of carbonyl (C=O) groups is 1. The van der Waals surface area contributed by atoms with E-state index < -0.39 is 0 Å². The number of nitriles is 1. The lowest BCUT2D eigenvalue weighted by Crippen LogP contribution is -2.40. The molecule has 1 aliphatic heterocycles. The van der Waals surface area contributed by atoms with Crippen molar-refractivity contribution in [1.82, 2.24) is 5.32 Å². The third kappa shape index (κ3) is 1.37. The number of rotatable bonds is 1. The highest BCUT2D eigenvalue weighted by atomic mass is 16.2. The molecule has 2 aliphatic rings. The number of benzene rings is 1. The van der Waals surface area contributed by atoms with Gasteiger partial charge >= 0.3 is 0 Å². The zero-order chi connectivity index (χ0) is 11.9. The van der Waals surface area contributed by atoms with Gasteiger partial charge in [0.2, 0.25) is 5.91 Å². The van der Waals surface area contributed by atoms with Crippen LogP contribution in [0.15, 0.2) is 24.3 Å². The van der Waals surface area contributed by atoms with Crippen LogP contribution in [0.25, 0.3) is 0 Å². The third-order valence-electron chi connectivity index (χ3n) is 4.25. The molecule has 0 radical (unpaired) electrons. The summed E-state index contributed by atoms with van der Waals surface area (Å²) < 4.78 is 0. The smallest absolute Gasteiger partial charge is 0.226 e. The van der Waals surface area contributed by atoms with Crippen LogP contribution < -0.4 is 5.32 Å². The van der Waals surface area contributed by atoms with E-state index >= 15 is 0 Å². The Morgan fingerprint density at radius 1 is 1.41 bits per heavy atom. The Morgan fingerprint density at radius 3 is 2.88 bits per heavy atom. The molecule has 17 heavy (non-hydrogen) atoms. The zero-order valence-electron chi connectivity index (χ0n) is 9.57. The summed E-state index contributed by atoms with van der Waals surface area (Å²) in [6.45, 7) is 0.716. The Labute approximate surface area is 100 Å². The molecule has 2 fully saturated rings. The predicted octanol–water partition coefficient (Wildman–Crippen LogP) is 1.94. The molecule has 3 nitrogen and oxygen atoms in total. The van der Waals surface area contributed by atoms with Gasteiger partial charge in [0, 0.05) is 12.5 Å². The van der Waals surface area contributed by atoms with E-state index in [1.54, 1.807) is 6.07 Å². The van der Waals surface area contributed by atoms with E-state index in [2.05, 4.69) is 11.4 Å². The monoisotopic (exact) mass is 226 g/mol. The van der Waals surface area contributed by atoms with E-state index in [-0.39, 0.29) is 17.2 Å². The highest BCUT2D eigenvalue weighted by molar-refractivity contribution is 5.87. The lowest BCUT2D eigenvalue weighted by Gasteiger charge is -2.40. The molecule has 1 spiro atoms. The van der Waals surface area contributed by atoms with Crippen LogP contribution in [0.3, 0.4) is 0 Å². The first-order valence-electron chi connectivity index (χ1n) is 6.05. The molecule has 1 aromatic rings. The molecule has 1 amide bonds. The maximum absolute atomic E-state index is 11.9. The summed E-state index contributed by atoms with van der Waals surface area (Å²) in [4.78, 5) is 11.9. The van der Waals surface area contributed by atoms with Gasteiger partial charge in [-0.05, 0) is 30.5 Å². The Morgan fingerprint density at radius 2 is 2.24 bits per heavy atom. The number of nitrogens with one attached hydrogen (secondary N) is 1. The number of hydrogen-bond donors (Lipinski definition) is 1. The summed E-state index contributed by atoms with van der Waals surface area (Å²) >= 11 is 0. The molecule has 1 N–H and O–H groups in total. The second kappa shape index (κ2) is 3.59. The van der Waals surface area contributed by atoms with Crippen molar-refractivity contribution in [2.24, 2.45) is 5.41 Å². The van der Waals surface area contributed by atoms with Crippen molar-refractivity contribution >= 4 is 5.91 Å². The summed E-state index contributed by atoms with van der Waals surface area (Å²) in [5.74, 6) is 0.452. The average Bonchev–Trinajstić information content (AvgIpc) is 2.66. The zero-order valence-corrected chi connectivity index (χ0v) is 9.57. The molecule has 86 valence electrons. The lowest BCUT2D eigenvalue weighted by atomic mass is 9.60. The fourth-order valence-corrected chi connectivity index (χ4v) is 3.12. The number of amides is 1. The first-order chi connectivity index (χ1) is 8.26. The fourth-order valence-electron chi connectivity index (χ4n) is 3.12. The summed E-state index contributed by atoms with van der Waals surface area (Å²) in [6, 6.07) is 9.83. The van der Waals surface area contributed by atoms with Gasteiger partial charge in [0.1, 0.15) is 0 Å². The topological polar surface area (TPSA) is 52.9 Å². The van der Waals surface area contributed by atoms with Gasteiger partial charge in [-0.1, -0.05) is 18.6 Å². The Hall–Kier alpha value is -1.82. The van der Waals surface area contributed by atoms with Crippen LogP contribution in [-0.2, 0) is 4.79 Å². The van der Waals surface area contributed by atoms with Crippen LogP contribution in [0.2, 0.25) is 0 Å². The Bertz CT molecular complexity index is 511. The Balaban J connectivity index is 1.99. The molecule has 1 aromatic carbocycles. The maximum Gasteiger partial charge on any atom is 0.226 e. The van der Waals surface area contributed by atoms with Crippen molar-refractivity contribution in [3.63, 3.8) is 0 Å². The van der Waals surface area contributed by atoms with Crippen molar-refractivity contribution in [2.75, 3.05) is 6.54 Å². The first kappa shape index (κ1) is 10.3. The fraction of sp³-hybridized carbons (Fsp3) is 0.429. The van der Waals surface area contributed by atoms with Crippen molar-refractivity contribution < 1.29 is 4.79 Å². The lowest BCUT2D eigenvalue weighted by molar-refractivity contribution is -0.132. The van der Waals surface area contributed by atoms with Gasteiger partial charge in [0.05, 0.1) is 17.0 Å². The van der Waals surface area contributed by atoms with Crippen LogP contribution in [0.4, 0.5) is 0 Å². The first-order valence-corrected chi connectivity index (χ1v) is 6.05. The van der Waals surface area contributed by atoms with Crippen LogP contribution in [0, 0.1) is 16.7 Å². The number of hydrogen-bond acceptors (Lipinski definition) is 2. The van der Waals surface area contributed by atoms with E-state index in [0.717, 1.165) is 24.8 Å². The summed E-state index contributed by atoms with van der Waals surface area (Å²) in [6.07, 6.45) is 3.11. The van der Waals surface area contributed by atoms with Crippen molar-refractivity contribution in [3.8, 4) is 6.07 Å². The van der Waals surface area contributed by atoms with Gasteiger partial charge in [-0.2, -0.15) is 5.26 Å². The van der Waals surface area contributed by atoms with Gasteiger partial charge < -0.3 is 5.32 Å². The van der Waals surface area contributed by atoms with Gasteiger partial charge in [-0.3, -0.25) is 4.79 Å². The average molecular weight is 226 g/mol. The van der Waals surface area contributed by atoms with Gasteiger partial charge in [0.25, 0.3) is 0 Å². The van der Waals surface area contributed by atoms with Crippen LogP contribution >= 0.6 is 0 Å². The molecule has 1 aliphatic carbocycles. The SMILES string of the molecule is N#Cc1cccc([C@@H]2CNC(=O)C23CCC3)c1. The standard InChI is InChI=1S/C14H14N2O/c15-8-10-3-1-4-11(7-10)12-9-16-13(17)14(12)5-2-6-14/h1,3-4,7,12H,2,5-6,9H2,(H,16,17)/t12-/m0/s1. The van der Waals surface area contributed by atoms with Crippen LogP contribution in [-0.4, -0.2) is 12.5 Å². The number of carbonyl (C=O) groups excluding carboxylic acids is 1. The maximum atomic E-state index is 11.9. The Kier molecular flexibility index (Phi) is 2.19. The molecule has 1 saturated heterocycles. The molecule has 0 aromatic heterocycles. The largest absolute Gasteiger partial charge is 0.355 e. The molecule has 1 heterocycles. The summed E-state index contributed by atoms with van der Waals surface area (Å²) in [7, 11) is 0. The van der Waals surface area contributed by atoms with E-state index in [1.807, 2.05) is 18.2 Å². The van der Waals surface area contributed by atoms with E-state index in [9.17, 15) is 4.79 Å². The molecular weight excluding hydrogens is 212 g/mol. The second-order valence-electron chi connectivity index (χ2n) is 5.01. The van der Waals surface area contributed by atoms with Crippen LogP contribution in [0.5, 0.6) is 0 Å². The van der Waals surface area contributed by atoms with Crippen LogP contribution in [0.1, 0.15) is 36.3 Å². The van der Waals surface area contributed by atoms with Gasteiger partial charge in [-0.15, -0.1) is 0 Å². The van der Waals surface area contributed by atoms with Crippen molar-refractivity contribution in [3.05, 3.63) is 35.4 Å². The molecule has 0 bridgehead atoms. The molecule has 3 heteroatoms. The summed E-state index contributed by atoms with van der Waals surface area (Å²) in [5.41, 5.74) is 1.63. The van der Waals surface area contributed by atoms with Crippen molar-refractivity contribution in [2.45, 2.75) is 25.2 Å². The summed E-state index contributed by atoms with van der Waals surface area (Å²) in [5, 5.41) is 11.9. The normalized spacial score (nSPS) is 25.1. The van der Waals surface area contributed by atoms with Crippen molar-refractivity contribution in [1.29, 1.82) is 5.26 Å². The van der Waals surface area contributed by atoms with E-state index in [4.69, 9.17) is 5.26 Å². The second-order valence-corrected chi connectivity index (χ2v) is 5.01. The molecule has 1 atom stereocenters.